The van der Waals surface area contributed by atoms with Crippen LogP contribution in [0.3, 0.4) is 0 Å². The summed E-state index contributed by atoms with van der Waals surface area (Å²) in [6.07, 6.45) is -2.17. The first kappa shape index (κ1) is 30.5. The van der Waals surface area contributed by atoms with Crippen LogP contribution in [0, 0.1) is 5.92 Å². The largest absolute Gasteiger partial charge is 0.405 e. The second kappa shape index (κ2) is 12.2. The molecule has 36 heavy (non-hydrogen) atoms. The maximum atomic E-state index is 14.4. The van der Waals surface area contributed by atoms with Crippen molar-refractivity contribution in [3.05, 3.63) is 72.6 Å². The van der Waals surface area contributed by atoms with Crippen molar-refractivity contribution in [2.45, 2.75) is 38.3 Å². The molecule has 0 aliphatic rings. The summed E-state index contributed by atoms with van der Waals surface area (Å²) in [6.45, 7) is 0.610. The number of ketones is 1. The van der Waals surface area contributed by atoms with Crippen LogP contribution in [0.2, 0.25) is 15.1 Å². The topological polar surface area (TPSA) is 46.2 Å². The number of benzene rings is 2. The van der Waals surface area contributed by atoms with Crippen LogP contribution in [-0.2, 0) is 4.79 Å². The lowest BCUT2D eigenvalue weighted by Crippen LogP contribution is -2.37. The van der Waals surface area contributed by atoms with Gasteiger partial charge in [0.05, 0.1) is 21.0 Å². The van der Waals surface area contributed by atoms with Gasteiger partial charge in [0.2, 0.25) is 5.91 Å². The lowest BCUT2D eigenvalue weighted by molar-refractivity contribution is -0.140. The Hall–Kier alpha value is -1.68. The average Bonchev–Trinajstić information content (AvgIpc) is 2.74. The Balaban J connectivity index is 2.19. The van der Waals surface area contributed by atoms with Crippen LogP contribution in [0.1, 0.15) is 47.7 Å². The fourth-order valence-corrected chi connectivity index (χ4v) is 4.47. The molecule has 1 N–H and O–H groups in total. The van der Waals surface area contributed by atoms with Gasteiger partial charge in [0.1, 0.15) is 6.54 Å². The van der Waals surface area contributed by atoms with Crippen molar-refractivity contribution in [3.8, 4) is 0 Å². The molecule has 0 saturated carbocycles. The molecule has 0 spiro atoms. The number of hydrogen-bond donors (Lipinski definition) is 1. The lowest BCUT2D eigenvalue weighted by atomic mass is 9.92. The molecule has 12 heteroatoms. The Bertz CT molecular complexity index is 1140. The van der Waals surface area contributed by atoms with Gasteiger partial charge in [-0.25, -0.2) is 8.78 Å². The Kier molecular flexibility index (Phi) is 10.4. The van der Waals surface area contributed by atoms with Crippen LogP contribution >= 0.6 is 50.7 Å². The first-order valence-electron chi connectivity index (χ1n) is 10.4. The molecule has 196 valence electrons. The summed E-state index contributed by atoms with van der Waals surface area (Å²) in [4.78, 5) is 24.4. The first-order chi connectivity index (χ1) is 16.5. The number of Topliss-reactive ketones (excluding diaryl/α,β-unsaturated/α-hetero) is 1. The summed E-state index contributed by atoms with van der Waals surface area (Å²) in [5.41, 5.74) is 0.827. The maximum absolute atomic E-state index is 14.4. The van der Waals surface area contributed by atoms with E-state index < -0.39 is 42.2 Å². The minimum Gasteiger partial charge on any atom is -0.347 e. The highest BCUT2D eigenvalue weighted by Crippen LogP contribution is 2.40. The summed E-state index contributed by atoms with van der Waals surface area (Å²) in [5, 5.41) is 1.87. The number of halogens is 9. The minimum atomic E-state index is -4.56. The van der Waals surface area contributed by atoms with Gasteiger partial charge in [0.25, 0.3) is 5.92 Å². The van der Waals surface area contributed by atoms with E-state index in [2.05, 4.69) is 15.9 Å². The standard InChI is InChI=1S/C24H20BrCl3F5NO2/c1-12(22(36)34-11-24(31,32)33)7-20(35)15-5-3-13(8-17(15)25)4-6-16(23(2,29)30)14-9-18(26)21(28)19(27)10-14/h3-6,8-10,12,16H,7,11H2,1-2H3,(H,34,36)/b6-4+/t12-,16?/m0/s1. The molecule has 1 amide bonds. The summed E-state index contributed by atoms with van der Waals surface area (Å²) < 4.78 is 65.9. The second-order valence-corrected chi connectivity index (χ2v) is 10.2. The molecule has 3 nitrogen and oxygen atoms in total. The van der Waals surface area contributed by atoms with Crippen molar-refractivity contribution in [3.63, 3.8) is 0 Å². The lowest BCUT2D eigenvalue weighted by Gasteiger charge is -2.22. The SMILES string of the molecule is C[C@@H](CC(=O)c1ccc(/C=C/C(c2cc(Cl)c(Cl)c(Cl)c2)C(C)(F)F)cc1Br)C(=O)NCC(F)(F)F. The second-order valence-electron chi connectivity index (χ2n) is 8.19. The quantitative estimate of drug-likeness (QED) is 0.170. The molecule has 0 fully saturated rings. The molecule has 0 aromatic heterocycles. The van der Waals surface area contributed by atoms with Crippen LogP contribution in [0.25, 0.3) is 6.08 Å². The molecule has 0 heterocycles. The van der Waals surface area contributed by atoms with E-state index in [4.69, 9.17) is 34.8 Å². The summed E-state index contributed by atoms with van der Waals surface area (Å²) >= 11 is 21.1. The van der Waals surface area contributed by atoms with E-state index >= 15 is 0 Å². The molecule has 0 saturated heterocycles. The molecule has 2 atom stereocenters. The fourth-order valence-electron chi connectivity index (χ4n) is 3.24. The van der Waals surface area contributed by atoms with Crippen LogP contribution in [0.4, 0.5) is 22.0 Å². The molecular formula is C24H20BrCl3F5NO2. The number of carbonyl (C=O) groups excluding carboxylic acids is 2. The molecule has 0 bridgehead atoms. The van der Waals surface area contributed by atoms with E-state index in [9.17, 15) is 31.5 Å². The van der Waals surface area contributed by atoms with Crippen molar-refractivity contribution in [1.82, 2.24) is 5.32 Å². The van der Waals surface area contributed by atoms with E-state index in [0.29, 0.717) is 10.0 Å². The van der Waals surface area contributed by atoms with Gasteiger partial charge >= 0.3 is 6.18 Å². The highest BCUT2D eigenvalue weighted by molar-refractivity contribution is 9.10. The Morgan fingerprint density at radius 3 is 2.14 bits per heavy atom. The zero-order valence-electron chi connectivity index (χ0n) is 18.8. The van der Waals surface area contributed by atoms with E-state index in [1.54, 1.807) is 5.32 Å². The number of alkyl halides is 5. The van der Waals surface area contributed by atoms with E-state index in [1.807, 2.05) is 0 Å². The predicted molar refractivity (Wildman–Crippen MR) is 135 cm³/mol. The monoisotopic (exact) mass is 633 g/mol. The molecule has 0 radical (unpaired) electrons. The van der Waals surface area contributed by atoms with Gasteiger partial charge in [-0.2, -0.15) is 13.2 Å². The van der Waals surface area contributed by atoms with Crippen molar-refractivity contribution in [2.75, 3.05) is 6.54 Å². The highest BCUT2D eigenvalue weighted by Gasteiger charge is 2.34. The molecule has 0 aliphatic heterocycles. The van der Waals surface area contributed by atoms with Crippen molar-refractivity contribution in [2.24, 2.45) is 5.92 Å². The Morgan fingerprint density at radius 1 is 1.06 bits per heavy atom. The first-order valence-corrected chi connectivity index (χ1v) is 12.3. The van der Waals surface area contributed by atoms with E-state index in [0.717, 1.165) is 6.92 Å². The number of carbonyl (C=O) groups is 2. The summed E-state index contributed by atoms with van der Waals surface area (Å²) in [5.74, 6) is -6.92. The van der Waals surface area contributed by atoms with Crippen LogP contribution in [-0.4, -0.2) is 30.3 Å². The van der Waals surface area contributed by atoms with Gasteiger partial charge in [-0.15, -0.1) is 0 Å². The third-order valence-corrected chi connectivity index (χ3v) is 6.94. The summed E-state index contributed by atoms with van der Waals surface area (Å²) in [6, 6.07) is 7.08. The van der Waals surface area contributed by atoms with Gasteiger partial charge in [0, 0.05) is 29.3 Å². The molecule has 2 aromatic carbocycles. The average molecular weight is 636 g/mol. The molecule has 0 aliphatic carbocycles. The normalized spacial score (nSPS) is 14.1. The number of amides is 1. The highest BCUT2D eigenvalue weighted by atomic mass is 79.9. The smallest absolute Gasteiger partial charge is 0.347 e. The van der Waals surface area contributed by atoms with Crippen molar-refractivity contribution >= 4 is 68.5 Å². The Labute approximate surface area is 228 Å². The number of hydrogen-bond acceptors (Lipinski definition) is 2. The number of rotatable bonds is 9. The minimum absolute atomic E-state index is 0.0359. The number of allylic oxidation sites excluding steroid dienone is 1. The predicted octanol–water partition coefficient (Wildman–Crippen LogP) is 8.75. The van der Waals surface area contributed by atoms with E-state index in [-0.39, 0.29) is 32.6 Å². The van der Waals surface area contributed by atoms with Crippen molar-refractivity contribution in [1.29, 1.82) is 0 Å². The van der Waals surface area contributed by atoms with Crippen LogP contribution < -0.4 is 5.32 Å². The molecule has 2 aromatic rings. The zero-order chi connectivity index (χ0) is 27.4. The van der Waals surface area contributed by atoms with Crippen LogP contribution in [0.5, 0.6) is 0 Å². The third-order valence-electron chi connectivity index (χ3n) is 5.09. The molecule has 2 rings (SSSR count). The summed E-state index contributed by atoms with van der Waals surface area (Å²) in [7, 11) is 0. The van der Waals surface area contributed by atoms with Gasteiger partial charge < -0.3 is 5.32 Å². The van der Waals surface area contributed by atoms with Gasteiger partial charge in [-0.3, -0.25) is 9.59 Å². The molecule has 1 unspecified atom stereocenters. The zero-order valence-corrected chi connectivity index (χ0v) is 22.7. The Morgan fingerprint density at radius 2 is 1.64 bits per heavy atom. The number of nitrogens with one attached hydrogen (secondary N) is 1. The van der Waals surface area contributed by atoms with Gasteiger partial charge in [-0.05, 0) is 35.4 Å². The maximum Gasteiger partial charge on any atom is 0.405 e. The van der Waals surface area contributed by atoms with Crippen LogP contribution in [0.15, 0.2) is 40.9 Å². The van der Waals surface area contributed by atoms with Crippen molar-refractivity contribution < 1.29 is 31.5 Å². The van der Waals surface area contributed by atoms with E-state index in [1.165, 1.54) is 49.4 Å². The van der Waals surface area contributed by atoms with Gasteiger partial charge in [0.15, 0.2) is 5.78 Å². The molecular weight excluding hydrogens is 616 g/mol. The van der Waals surface area contributed by atoms with Gasteiger partial charge in [-0.1, -0.05) is 75.9 Å². The fraction of sp³-hybridized carbons (Fsp3) is 0.333. The third kappa shape index (κ3) is 8.71.